The Labute approximate surface area is 118 Å². The lowest BCUT2D eigenvalue weighted by molar-refractivity contribution is -0.122. The van der Waals surface area contributed by atoms with Crippen LogP contribution in [0.25, 0.3) is 0 Å². The summed E-state index contributed by atoms with van der Waals surface area (Å²) >= 11 is 0. The van der Waals surface area contributed by atoms with Crippen LogP contribution in [0, 0.1) is 11.8 Å². The van der Waals surface area contributed by atoms with E-state index in [0.717, 1.165) is 18.4 Å². The molecule has 1 aliphatic rings. The molecule has 1 amide bonds. The lowest BCUT2D eigenvalue weighted by Gasteiger charge is -2.31. The van der Waals surface area contributed by atoms with Gasteiger partial charge in [-0.25, -0.2) is 0 Å². The number of carbonyl (C=O) groups is 1. The molecule has 3 nitrogen and oxygen atoms in total. The minimum absolute atomic E-state index is 0.119. The quantitative estimate of drug-likeness (QED) is 0.804. The average molecular weight is 268 g/mol. The molecule has 1 fully saturated rings. The van der Waals surface area contributed by atoms with Crippen LogP contribution in [0.5, 0.6) is 0 Å². The molecule has 2 N–H and O–H groups in total. The lowest BCUT2D eigenvalue weighted by atomic mass is 9.80. The third-order valence-corrected chi connectivity index (χ3v) is 4.01. The maximum absolute atomic E-state index is 11.7. The predicted octanol–water partition coefficient (Wildman–Crippen LogP) is 3.10. The third-order valence-electron chi connectivity index (χ3n) is 4.01. The molecule has 0 aromatic carbocycles. The van der Waals surface area contributed by atoms with Crippen molar-refractivity contribution in [1.29, 1.82) is 0 Å². The van der Waals surface area contributed by atoms with Crippen LogP contribution in [-0.2, 0) is 4.79 Å². The number of amides is 1. The standard InChI is InChI=1S/C16H32N2O/c1-12(2)13-6-8-14(9-7-13)17-11-10-15(19)18-16(3,4)5/h12-14,17H,6-11H2,1-5H3,(H,18,19). The third kappa shape index (κ3) is 6.95. The summed E-state index contributed by atoms with van der Waals surface area (Å²) in [6.07, 6.45) is 5.79. The summed E-state index contributed by atoms with van der Waals surface area (Å²) in [7, 11) is 0. The Morgan fingerprint density at radius 1 is 1.16 bits per heavy atom. The molecular weight excluding hydrogens is 236 g/mol. The number of carbonyl (C=O) groups excluding carboxylic acids is 1. The van der Waals surface area contributed by atoms with E-state index in [0.29, 0.717) is 12.5 Å². The van der Waals surface area contributed by atoms with Gasteiger partial charge in [0.15, 0.2) is 0 Å². The van der Waals surface area contributed by atoms with Crippen LogP contribution in [0.4, 0.5) is 0 Å². The Morgan fingerprint density at radius 2 is 1.74 bits per heavy atom. The zero-order chi connectivity index (χ0) is 14.5. The average Bonchev–Trinajstić information content (AvgIpc) is 2.27. The molecule has 0 unspecified atom stereocenters. The van der Waals surface area contributed by atoms with Crippen LogP contribution in [0.3, 0.4) is 0 Å². The Balaban J connectivity index is 2.13. The summed E-state index contributed by atoms with van der Waals surface area (Å²) in [5.74, 6) is 1.87. The van der Waals surface area contributed by atoms with E-state index < -0.39 is 0 Å². The van der Waals surface area contributed by atoms with Crippen molar-refractivity contribution in [3.05, 3.63) is 0 Å². The van der Waals surface area contributed by atoms with Crippen LogP contribution in [0.1, 0.15) is 66.7 Å². The highest BCUT2D eigenvalue weighted by Gasteiger charge is 2.23. The maximum Gasteiger partial charge on any atom is 0.221 e. The normalized spacial score (nSPS) is 24.5. The smallest absolute Gasteiger partial charge is 0.221 e. The topological polar surface area (TPSA) is 41.1 Å². The highest BCUT2D eigenvalue weighted by Crippen LogP contribution is 2.29. The largest absolute Gasteiger partial charge is 0.351 e. The lowest BCUT2D eigenvalue weighted by Crippen LogP contribution is -2.42. The van der Waals surface area contributed by atoms with Gasteiger partial charge < -0.3 is 10.6 Å². The molecule has 0 aromatic rings. The van der Waals surface area contributed by atoms with E-state index in [-0.39, 0.29) is 11.4 Å². The maximum atomic E-state index is 11.7. The molecule has 19 heavy (non-hydrogen) atoms. The summed E-state index contributed by atoms with van der Waals surface area (Å²) in [6.45, 7) is 11.5. The van der Waals surface area contributed by atoms with Gasteiger partial charge in [-0.2, -0.15) is 0 Å². The van der Waals surface area contributed by atoms with Crippen molar-refractivity contribution in [2.75, 3.05) is 6.54 Å². The molecule has 112 valence electrons. The molecule has 1 saturated carbocycles. The molecule has 0 aliphatic heterocycles. The van der Waals surface area contributed by atoms with Crippen LogP contribution in [0.2, 0.25) is 0 Å². The minimum atomic E-state index is -0.119. The second kappa shape index (κ2) is 7.28. The zero-order valence-electron chi connectivity index (χ0n) is 13.4. The summed E-state index contributed by atoms with van der Waals surface area (Å²) in [5.41, 5.74) is -0.119. The minimum Gasteiger partial charge on any atom is -0.351 e. The fourth-order valence-corrected chi connectivity index (χ4v) is 2.86. The molecule has 1 rings (SSSR count). The Hall–Kier alpha value is -0.570. The second-order valence-electron chi connectivity index (χ2n) is 7.36. The summed E-state index contributed by atoms with van der Waals surface area (Å²) < 4.78 is 0. The van der Waals surface area contributed by atoms with Crippen LogP contribution >= 0.6 is 0 Å². The van der Waals surface area contributed by atoms with E-state index in [1.165, 1.54) is 25.7 Å². The van der Waals surface area contributed by atoms with Crippen molar-refractivity contribution in [2.24, 2.45) is 11.8 Å². The predicted molar refractivity (Wildman–Crippen MR) is 81.1 cm³/mol. The van der Waals surface area contributed by atoms with Crippen LogP contribution in [-0.4, -0.2) is 24.0 Å². The van der Waals surface area contributed by atoms with Gasteiger partial charge in [-0.1, -0.05) is 13.8 Å². The first-order valence-corrected chi connectivity index (χ1v) is 7.82. The fourth-order valence-electron chi connectivity index (χ4n) is 2.86. The van der Waals surface area contributed by atoms with Gasteiger partial charge in [-0.15, -0.1) is 0 Å². The van der Waals surface area contributed by atoms with E-state index in [1.807, 2.05) is 20.8 Å². The molecule has 0 aromatic heterocycles. The van der Waals surface area contributed by atoms with Crippen molar-refractivity contribution in [1.82, 2.24) is 10.6 Å². The van der Waals surface area contributed by atoms with E-state index in [4.69, 9.17) is 0 Å². The van der Waals surface area contributed by atoms with E-state index >= 15 is 0 Å². The van der Waals surface area contributed by atoms with Gasteiger partial charge >= 0.3 is 0 Å². The first kappa shape index (κ1) is 16.5. The van der Waals surface area contributed by atoms with Gasteiger partial charge in [0.2, 0.25) is 5.91 Å². The van der Waals surface area contributed by atoms with Crippen molar-refractivity contribution in [3.63, 3.8) is 0 Å². The van der Waals surface area contributed by atoms with Gasteiger partial charge in [0.1, 0.15) is 0 Å². The van der Waals surface area contributed by atoms with Crippen LogP contribution in [0.15, 0.2) is 0 Å². The molecule has 0 atom stereocenters. The van der Waals surface area contributed by atoms with Crippen molar-refractivity contribution in [2.45, 2.75) is 78.3 Å². The first-order chi connectivity index (χ1) is 8.78. The van der Waals surface area contributed by atoms with Crippen LogP contribution < -0.4 is 10.6 Å². The summed E-state index contributed by atoms with van der Waals surface area (Å²) in [5, 5.41) is 6.54. The van der Waals surface area contributed by atoms with Crippen molar-refractivity contribution < 1.29 is 4.79 Å². The molecule has 3 heteroatoms. The highest BCUT2D eigenvalue weighted by atomic mass is 16.1. The first-order valence-electron chi connectivity index (χ1n) is 7.82. The van der Waals surface area contributed by atoms with Gasteiger partial charge in [-0.3, -0.25) is 4.79 Å². The van der Waals surface area contributed by atoms with Gasteiger partial charge in [-0.05, 0) is 58.3 Å². The Kier molecular flexibility index (Phi) is 6.31. The molecule has 0 bridgehead atoms. The number of hydrogen-bond donors (Lipinski definition) is 2. The molecule has 0 spiro atoms. The molecule has 0 heterocycles. The number of rotatable bonds is 5. The molecular formula is C16H32N2O. The van der Waals surface area contributed by atoms with Gasteiger partial charge in [0.25, 0.3) is 0 Å². The number of nitrogens with one attached hydrogen (secondary N) is 2. The van der Waals surface area contributed by atoms with Crippen molar-refractivity contribution >= 4 is 5.91 Å². The Bertz CT molecular complexity index is 273. The molecule has 0 saturated heterocycles. The number of hydrogen-bond acceptors (Lipinski definition) is 2. The van der Waals surface area contributed by atoms with Crippen molar-refractivity contribution in [3.8, 4) is 0 Å². The fraction of sp³-hybridized carbons (Fsp3) is 0.938. The van der Waals surface area contributed by atoms with E-state index in [9.17, 15) is 4.79 Å². The Morgan fingerprint density at radius 3 is 2.21 bits per heavy atom. The SMILES string of the molecule is CC(C)C1CCC(NCCC(=O)NC(C)(C)C)CC1. The second-order valence-corrected chi connectivity index (χ2v) is 7.36. The van der Waals surface area contributed by atoms with E-state index in [2.05, 4.69) is 24.5 Å². The molecule has 0 radical (unpaired) electrons. The summed E-state index contributed by atoms with van der Waals surface area (Å²) in [6, 6.07) is 0.623. The van der Waals surface area contributed by atoms with Gasteiger partial charge in [0, 0.05) is 24.5 Å². The highest BCUT2D eigenvalue weighted by molar-refractivity contribution is 5.76. The monoisotopic (exact) mass is 268 g/mol. The summed E-state index contributed by atoms with van der Waals surface area (Å²) in [4.78, 5) is 11.7. The zero-order valence-corrected chi connectivity index (χ0v) is 13.4. The molecule has 1 aliphatic carbocycles. The van der Waals surface area contributed by atoms with Gasteiger partial charge in [0.05, 0.1) is 0 Å². The van der Waals surface area contributed by atoms with E-state index in [1.54, 1.807) is 0 Å².